The Morgan fingerprint density at radius 1 is 1.10 bits per heavy atom. The molecular formula is C22H23F2N5O. The van der Waals surface area contributed by atoms with E-state index < -0.39 is 5.54 Å². The highest BCUT2D eigenvalue weighted by Crippen LogP contribution is 2.39. The van der Waals surface area contributed by atoms with Crippen LogP contribution in [0.4, 0.5) is 20.3 Å². The molecule has 1 aromatic heterocycles. The summed E-state index contributed by atoms with van der Waals surface area (Å²) in [7, 11) is 0. The molecule has 0 unspecified atom stereocenters. The molecule has 0 atom stereocenters. The molecule has 156 valence electrons. The maximum atomic E-state index is 13.5. The number of nitrogens with one attached hydrogen (secondary N) is 1. The van der Waals surface area contributed by atoms with Crippen molar-refractivity contribution in [2.45, 2.75) is 25.8 Å². The van der Waals surface area contributed by atoms with Crippen molar-refractivity contribution in [3.05, 3.63) is 71.4 Å². The van der Waals surface area contributed by atoms with Gasteiger partial charge in [0.1, 0.15) is 17.5 Å². The van der Waals surface area contributed by atoms with Gasteiger partial charge in [-0.25, -0.2) is 13.5 Å². The molecule has 2 aromatic carbocycles. The van der Waals surface area contributed by atoms with Crippen LogP contribution in [0.15, 0.2) is 48.5 Å². The number of aromatic nitrogens is 2. The zero-order valence-corrected chi connectivity index (χ0v) is 16.8. The normalized spacial score (nSPS) is 15.0. The maximum absolute atomic E-state index is 13.5. The number of carbonyl (C=O) groups excluding carboxylic acids is 1. The second-order valence-corrected chi connectivity index (χ2v) is 7.75. The summed E-state index contributed by atoms with van der Waals surface area (Å²) in [5.74, 6) is -0.110. The molecule has 1 aliphatic rings. The van der Waals surface area contributed by atoms with E-state index in [-0.39, 0.29) is 24.1 Å². The highest BCUT2D eigenvalue weighted by atomic mass is 19.1. The Kier molecular flexibility index (Phi) is 5.03. The van der Waals surface area contributed by atoms with E-state index in [0.717, 1.165) is 11.3 Å². The maximum Gasteiger partial charge on any atom is 0.237 e. The van der Waals surface area contributed by atoms with Crippen molar-refractivity contribution in [3.8, 4) is 5.69 Å². The van der Waals surface area contributed by atoms with Gasteiger partial charge >= 0.3 is 0 Å². The molecule has 2 heterocycles. The quantitative estimate of drug-likeness (QED) is 0.689. The lowest BCUT2D eigenvalue weighted by molar-refractivity contribution is -0.136. The summed E-state index contributed by atoms with van der Waals surface area (Å²) in [6.45, 7) is 4.30. The van der Waals surface area contributed by atoms with E-state index in [1.165, 1.54) is 24.3 Å². The van der Waals surface area contributed by atoms with Crippen molar-refractivity contribution in [3.63, 3.8) is 0 Å². The summed E-state index contributed by atoms with van der Waals surface area (Å²) in [5, 5.41) is 8.14. The average Bonchev–Trinajstić information content (AvgIpc) is 3.09. The third kappa shape index (κ3) is 3.43. The van der Waals surface area contributed by atoms with Gasteiger partial charge in [-0.1, -0.05) is 0 Å². The molecule has 6 nitrogen and oxygen atoms in total. The van der Waals surface area contributed by atoms with Gasteiger partial charge in [0.05, 0.1) is 23.5 Å². The Balaban J connectivity index is 1.85. The molecule has 0 fully saturated rings. The molecule has 0 saturated heterocycles. The van der Waals surface area contributed by atoms with Crippen molar-refractivity contribution >= 4 is 17.4 Å². The van der Waals surface area contributed by atoms with Crippen LogP contribution in [-0.4, -0.2) is 33.7 Å². The van der Waals surface area contributed by atoms with Gasteiger partial charge in [-0.2, -0.15) is 5.10 Å². The van der Waals surface area contributed by atoms with Crippen LogP contribution in [0.3, 0.4) is 0 Å². The number of nitrogens with two attached hydrogens (primary N) is 1. The minimum Gasteiger partial charge on any atom is -0.340 e. The van der Waals surface area contributed by atoms with E-state index in [4.69, 9.17) is 10.8 Å². The second kappa shape index (κ2) is 7.53. The molecule has 0 spiro atoms. The molecule has 0 radical (unpaired) electrons. The van der Waals surface area contributed by atoms with E-state index in [0.29, 0.717) is 30.2 Å². The predicted octanol–water partition coefficient (Wildman–Crippen LogP) is 3.47. The number of rotatable bonds is 4. The van der Waals surface area contributed by atoms with Gasteiger partial charge < -0.3 is 16.0 Å². The molecule has 1 aliphatic heterocycles. The number of nitrogens with zero attached hydrogens (tertiary/aromatic N) is 3. The first kappa shape index (κ1) is 20.0. The van der Waals surface area contributed by atoms with E-state index in [1.54, 1.807) is 33.8 Å². The van der Waals surface area contributed by atoms with Crippen LogP contribution in [0, 0.1) is 11.6 Å². The first-order valence-electron chi connectivity index (χ1n) is 9.72. The summed E-state index contributed by atoms with van der Waals surface area (Å²) in [6, 6.07) is 12.0. The molecule has 0 aliphatic carbocycles. The number of hydrogen-bond donors (Lipinski definition) is 2. The number of benzene rings is 2. The van der Waals surface area contributed by atoms with Crippen molar-refractivity contribution in [2.24, 2.45) is 5.73 Å². The number of carbonyl (C=O) groups is 1. The topological polar surface area (TPSA) is 76.2 Å². The SMILES string of the molecule is CC1(C)c2nn(-c3ccc(F)cc3)c(Nc3ccc(F)cc3)c2CCN1C(=O)CN. The Morgan fingerprint density at radius 3 is 2.30 bits per heavy atom. The molecule has 3 aromatic rings. The predicted molar refractivity (Wildman–Crippen MR) is 111 cm³/mol. The van der Waals surface area contributed by atoms with Crippen LogP contribution in [0.25, 0.3) is 5.69 Å². The molecular weight excluding hydrogens is 388 g/mol. The Morgan fingerprint density at radius 2 is 1.70 bits per heavy atom. The summed E-state index contributed by atoms with van der Waals surface area (Å²) in [4.78, 5) is 14.1. The van der Waals surface area contributed by atoms with Crippen LogP contribution in [0.1, 0.15) is 25.1 Å². The fraction of sp³-hybridized carbons (Fsp3) is 0.273. The fourth-order valence-electron chi connectivity index (χ4n) is 3.92. The Hall–Kier alpha value is -3.26. The third-order valence-corrected chi connectivity index (χ3v) is 5.48. The Labute approximate surface area is 173 Å². The number of fused-ring (bicyclic) bond motifs is 1. The van der Waals surface area contributed by atoms with Gasteiger partial charge in [-0.05, 0) is 68.8 Å². The Bertz CT molecular complexity index is 1070. The molecule has 30 heavy (non-hydrogen) atoms. The standard InChI is InChI=1S/C22H23F2N5O/c1-22(2)20-18(11-12-28(22)19(30)13-25)21(26-16-7-3-14(23)4-8-16)29(27-20)17-9-5-15(24)6-10-17/h3-10,26H,11-13,25H2,1-2H3. The lowest BCUT2D eigenvalue weighted by Gasteiger charge is -2.41. The molecule has 0 saturated carbocycles. The van der Waals surface area contributed by atoms with Crippen LogP contribution in [0.2, 0.25) is 0 Å². The number of anilines is 2. The van der Waals surface area contributed by atoms with E-state index in [2.05, 4.69) is 5.32 Å². The van der Waals surface area contributed by atoms with Crippen molar-refractivity contribution in [2.75, 3.05) is 18.4 Å². The fourth-order valence-corrected chi connectivity index (χ4v) is 3.92. The molecule has 3 N–H and O–H groups in total. The van der Waals surface area contributed by atoms with Gasteiger partial charge in [-0.15, -0.1) is 0 Å². The van der Waals surface area contributed by atoms with E-state index in [1.807, 2.05) is 13.8 Å². The molecule has 4 rings (SSSR count). The van der Waals surface area contributed by atoms with Gasteiger partial charge in [0.25, 0.3) is 0 Å². The van der Waals surface area contributed by atoms with E-state index >= 15 is 0 Å². The zero-order chi connectivity index (χ0) is 21.5. The minimum absolute atomic E-state index is 0.0713. The molecule has 1 amide bonds. The second-order valence-electron chi connectivity index (χ2n) is 7.75. The van der Waals surface area contributed by atoms with Gasteiger partial charge in [0.15, 0.2) is 0 Å². The molecule has 8 heteroatoms. The van der Waals surface area contributed by atoms with Crippen LogP contribution >= 0.6 is 0 Å². The van der Waals surface area contributed by atoms with Gasteiger partial charge in [0, 0.05) is 17.8 Å². The summed E-state index contributed by atoms with van der Waals surface area (Å²) < 4.78 is 28.5. The highest BCUT2D eigenvalue weighted by Gasteiger charge is 2.41. The first-order valence-corrected chi connectivity index (χ1v) is 9.72. The van der Waals surface area contributed by atoms with Crippen LogP contribution < -0.4 is 11.1 Å². The summed E-state index contributed by atoms with van der Waals surface area (Å²) in [5.41, 5.74) is 7.99. The van der Waals surface area contributed by atoms with Gasteiger partial charge in [0.2, 0.25) is 5.91 Å². The average molecular weight is 411 g/mol. The smallest absolute Gasteiger partial charge is 0.237 e. The summed E-state index contributed by atoms with van der Waals surface area (Å²) >= 11 is 0. The monoisotopic (exact) mass is 411 g/mol. The third-order valence-electron chi connectivity index (χ3n) is 5.48. The lowest BCUT2D eigenvalue weighted by atomic mass is 9.88. The number of halogens is 2. The molecule has 0 bridgehead atoms. The van der Waals surface area contributed by atoms with Crippen LogP contribution in [0.5, 0.6) is 0 Å². The van der Waals surface area contributed by atoms with Crippen LogP contribution in [-0.2, 0) is 16.8 Å². The number of amides is 1. The summed E-state index contributed by atoms with van der Waals surface area (Å²) in [6.07, 6.45) is 0.579. The lowest BCUT2D eigenvalue weighted by Crippen LogP contribution is -2.52. The van der Waals surface area contributed by atoms with E-state index in [9.17, 15) is 13.6 Å². The largest absolute Gasteiger partial charge is 0.340 e. The zero-order valence-electron chi connectivity index (χ0n) is 16.8. The first-order chi connectivity index (χ1) is 14.3. The van der Waals surface area contributed by atoms with Crippen molar-refractivity contribution < 1.29 is 13.6 Å². The highest BCUT2D eigenvalue weighted by molar-refractivity contribution is 5.80. The number of hydrogen-bond acceptors (Lipinski definition) is 4. The van der Waals surface area contributed by atoms with Crippen molar-refractivity contribution in [1.82, 2.24) is 14.7 Å². The van der Waals surface area contributed by atoms with Crippen molar-refractivity contribution in [1.29, 1.82) is 0 Å². The van der Waals surface area contributed by atoms with Gasteiger partial charge in [-0.3, -0.25) is 4.79 Å². The minimum atomic E-state index is -0.672.